The molecule has 124 valence electrons. The van der Waals surface area contributed by atoms with Gasteiger partial charge in [-0.1, -0.05) is 72.8 Å². The van der Waals surface area contributed by atoms with Crippen LogP contribution in [0.3, 0.4) is 0 Å². The van der Waals surface area contributed by atoms with Crippen molar-refractivity contribution in [2.75, 3.05) is 0 Å². The second-order valence-electron chi connectivity index (χ2n) is 7.52. The summed E-state index contributed by atoms with van der Waals surface area (Å²) in [5.41, 5.74) is 7.69. The molecule has 0 bridgehead atoms. The molecular weight excluding hydrogens is 314 g/mol. The van der Waals surface area contributed by atoms with E-state index in [1.807, 2.05) is 0 Å². The third kappa shape index (κ3) is 2.10. The molecule has 0 aliphatic heterocycles. The van der Waals surface area contributed by atoms with E-state index in [1.165, 1.54) is 50.5 Å². The number of aromatic amines is 1. The zero-order valence-corrected chi connectivity index (χ0v) is 14.4. The lowest BCUT2D eigenvalue weighted by Crippen LogP contribution is -1.92. The topological polar surface area (TPSA) is 15.8 Å². The minimum atomic E-state index is 0.763. The number of benzene rings is 3. The van der Waals surface area contributed by atoms with E-state index in [2.05, 4.69) is 89.9 Å². The second-order valence-corrected chi connectivity index (χ2v) is 7.52. The fourth-order valence-electron chi connectivity index (χ4n) is 4.35. The molecule has 6 rings (SSSR count). The summed E-state index contributed by atoms with van der Waals surface area (Å²) in [6.45, 7) is 0. The molecule has 1 aromatic heterocycles. The Morgan fingerprint density at radius 3 is 2.46 bits per heavy atom. The highest BCUT2D eigenvalue weighted by atomic mass is 14.7. The Morgan fingerprint density at radius 1 is 0.731 bits per heavy atom. The van der Waals surface area contributed by atoms with Crippen LogP contribution in [-0.4, -0.2) is 4.98 Å². The number of fused-ring (bicyclic) bond motifs is 4. The van der Waals surface area contributed by atoms with Crippen LogP contribution < -0.4 is 0 Å². The maximum atomic E-state index is 3.57. The van der Waals surface area contributed by atoms with Gasteiger partial charge in [0.15, 0.2) is 0 Å². The number of H-pyrrole nitrogens is 1. The van der Waals surface area contributed by atoms with Crippen LogP contribution in [0.2, 0.25) is 0 Å². The summed E-state index contributed by atoms with van der Waals surface area (Å²) in [5.74, 6) is 1.56. The highest BCUT2D eigenvalue weighted by Gasteiger charge is 2.35. The van der Waals surface area contributed by atoms with Crippen molar-refractivity contribution < 1.29 is 0 Å². The number of aromatic nitrogens is 1. The van der Waals surface area contributed by atoms with Gasteiger partial charge in [0.1, 0.15) is 0 Å². The molecule has 4 aromatic rings. The van der Waals surface area contributed by atoms with Gasteiger partial charge in [0, 0.05) is 21.8 Å². The summed E-state index contributed by atoms with van der Waals surface area (Å²) in [6, 6.07) is 24.1. The van der Waals surface area contributed by atoms with E-state index in [4.69, 9.17) is 0 Å². The van der Waals surface area contributed by atoms with Crippen molar-refractivity contribution >= 4 is 27.4 Å². The van der Waals surface area contributed by atoms with Gasteiger partial charge in [0.25, 0.3) is 0 Å². The first-order valence-electron chi connectivity index (χ1n) is 9.37. The summed E-state index contributed by atoms with van der Waals surface area (Å²) in [7, 11) is 0. The Hall–Kier alpha value is -3.06. The van der Waals surface area contributed by atoms with Crippen molar-refractivity contribution in [2.45, 2.75) is 6.42 Å². The zero-order chi connectivity index (χ0) is 17.1. The van der Waals surface area contributed by atoms with E-state index >= 15 is 0 Å². The molecule has 1 N–H and O–H groups in total. The summed E-state index contributed by atoms with van der Waals surface area (Å²) in [4.78, 5) is 3.57. The Kier molecular flexibility index (Phi) is 2.84. The van der Waals surface area contributed by atoms with Crippen LogP contribution in [0.5, 0.6) is 0 Å². The van der Waals surface area contributed by atoms with E-state index < -0.39 is 0 Å². The predicted octanol–water partition coefficient (Wildman–Crippen LogP) is 6.58. The number of rotatable bonds is 2. The molecule has 26 heavy (non-hydrogen) atoms. The normalized spacial score (nSPS) is 21.0. The molecule has 0 amide bonds. The van der Waals surface area contributed by atoms with Gasteiger partial charge in [-0.05, 0) is 52.7 Å². The van der Waals surface area contributed by atoms with Crippen LogP contribution in [-0.2, 0) is 0 Å². The van der Waals surface area contributed by atoms with Gasteiger partial charge < -0.3 is 4.98 Å². The van der Waals surface area contributed by atoms with E-state index in [0.717, 1.165) is 11.8 Å². The van der Waals surface area contributed by atoms with Gasteiger partial charge in [-0.25, -0.2) is 0 Å². The summed E-state index contributed by atoms with van der Waals surface area (Å²) in [6.07, 6.45) is 8.49. The van der Waals surface area contributed by atoms with Crippen LogP contribution in [0.15, 0.2) is 85.0 Å². The Morgan fingerprint density at radius 2 is 1.54 bits per heavy atom. The van der Waals surface area contributed by atoms with Crippen LogP contribution >= 0.6 is 0 Å². The quantitative estimate of drug-likeness (QED) is 0.426. The standard InChI is InChI=1S/C25H19N/c1-2-6-21(20(5-1)17-10-9-16-13-19(16)14-17)18-11-12-23-22-7-3-4-8-24(22)26-25(23)15-18/h1-12,14-16,19,26H,13H2. The van der Waals surface area contributed by atoms with Gasteiger partial charge in [-0.3, -0.25) is 0 Å². The van der Waals surface area contributed by atoms with Crippen molar-refractivity contribution in [1.29, 1.82) is 0 Å². The minimum Gasteiger partial charge on any atom is -0.354 e. The van der Waals surface area contributed by atoms with E-state index in [9.17, 15) is 0 Å². The smallest absolute Gasteiger partial charge is 0.0471 e. The Balaban J connectivity index is 1.53. The van der Waals surface area contributed by atoms with Crippen LogP contribution in [0, 0.1) is 11.8 Å². The molecule has 0 radical (unpaired) electrons. The second kappa shape index (κ2) is 5.22. The Labute approximate surface area is 152 Å². The first-order chi connectivity index (χ1) is 12.9. The maximum Gasteiger partial charge on any atom is 0.0471 e. The van der Waals surface area contributed by atoms with E-state index in [0.29, 0.717) is 0 Å². The van der Waals surface area contributed by atoms with Crippen molar-refractivity contribution in [3.8, 4) is 11.1 Å². The lowest BCUT2D eigenvalue weighted by atomic mass is 9.91. The first-order valence-corrected chi connectivity index (χ1v) is 9.37. The number of nitrogens with one attached hydrogen (secondary N) is 1. The fraction of sp³-hybridized carbons (Fsp3) is 0.120. The van der Waals surface area contributed by atoms with Crippen LogP contribution in [0.4, 0.5) is 0 Å². The van der Waals surface area contributed by atoms with Gasteiger partial charge in [-0.2, -0.15) is 0 Å². The average Bonchev–Trinajstić information content (AvgIpc) is 3.38. The maximum absolute atomic E-state index is 3.57. The monoisotopic (exact) mass is 333 g/mol. The third-order valence-electron chi connectivity index (χ3n) is 5.86. The molecule has 2 aliphatic carbocycles. The highest BCUT2D eigenvalue weighted by molar-refractivity contribution is 6.08. The fourth-order valence-corrected chi connectivity index (χ4v) is 4.35. The molecule has 1 nitrogen and oxygen atoms in total. The first kappa shape index (κ1) is 14.1. The molecule has 2 aliphatic rings. The van der Waals surface area contributed by atoms with E-state index in [1.54, 1.807) is 0 Å². The molecule has 1 heterocycles. The van der Waals surface area contributed by atoms with Crippen molar-refractivity contribution in [3.63, 3.8) is 0 Å². The lowest BCUT2D eigenvalue weighted by molar-refractivity contribution is 0.985. The molecule has 1 fully saturated rings. The van der Waals surface area contributed by atoms with Crippen LogP contribution in [0.1, 0.15) is 12.0 Å². The molecular formula is C25H19N. The molecule has 2 unspecified atom stereocenters. The summed E-state index contributed by atoms with van der Waals surface area (Å²) < 4.78 is 0. The largest absolute Gasteiger partial charge is 0.354 e. The molecule has 0 spiro atoms. The van der Waals surface area contributed by atoms with Gasteiger partial charge >= 0.3 is 0 Å². The SMILES string of the molecule is C1=CC2CC2C=C1c1ccccc1-c1ccc2c(c1)[nH]c1ccccc12. The summed E-state index contributed by atoms with van der Waals surface area (Å²) >= 11 is 0. The number of para-hydroxylation sites is 1. The highest BCUT2D eigenvalue weighted by Crippen LogP contribution is 2.47. The Bertz CT molecular complexity index is 1220. The van der Waals surface area contributed by atoms with Gasteiger partial charge in [0.2, 0.25) is 0 Å². The number of hydrogen-bond acceptors (Lipinski definition) is 0. The molecule has 0 saturated heterocycles. The minimum absolute atomic E-state index is 0.763. The predicted molar refractivity (Wildman–Crippen MR) is 110 cm³/mol. The van der Waals surface area contributed by atoms with Gasteiger partial charge in [-0.15, -0.1) is 0 Å². The number of hydrogen-bond donors (Lipinski definition) is 1. The molecule has 2 atom stereocenters. The third-order valence-corrected chi connectivity index (χ3v) is 5.86. The van der Waals surface area contributed by atoms with Crippen molar-refractivity contribution in [1.82, 2.24) is 4.98 Å². The average molecular weight is 333 g/mol. The lowest BCUT2D eigenvalue weighted by Gasteiger charge is -2.13. The van der Waals surface area contributed by atoms with E-state index in [-0.39, 0.29) is 0 Å². The van der Waals surface area contributed by atoms with Crippen molar-refractivity contribution in [3.05, 3.63) is 90.5 Å². The van der Waals surface area contributed by atoms with Crippen molar-refractivity contribution in [2.24, 2.45) is 11.8 Å². The molecule has 3 aromatic carbocycles. The summed E-state index contributed by atoms with van der Waals surface area (Å²) in [5, 5.41) is 2.58. The van der Waals surface area contributed by atoms with Gasteiger partial charge in [0.05, 0.1) is 0 Å². The zero-order valence-electron chi connectivity index (χ0n) is 14.4. The van der Waals surface area contributed by atoms with Crippen LogP contribution in [0.25, 0.3) is 38.5 Å². The molecule has 1 saturated carbocycles. The number of allylic oxidation sites excluding steroid dienone is 4. The molecule has 1 heteroatoms.